The van der Waals surface area contributed by atoms with Crippen LogP contribution in [0.5, 0.6) is 23.0 Å². The summed E-state index contributed by atoms with van der Waals surface area (Å²) in [7, 11) is 7.73. The molecule has 4 rings (SSSR count). The second-order valence-electron chi connectivity index (χ2n) is 9.31. The van der Waals surface area contributed by atoms with E-state index in [-0.39, 0.29) is 31.3 Å². The van der Waals surface area contributed by atoms with Crippen LogP contribution in [-0.4, -0.2) is 60.5 Å². The summed E-state index contributed by atoms with van der Waals surface area (Å²) in [5, 5.41) is 3.36. The third-order valence-corrected chi connectivity index (χ3v) is 7.19. The number of nitrogens with one attached hydrogen (secondary N) is 1. The zero-order valence-corrected chi connectivity index (χ0v) is 23.2. The molecule has 0 unspecified atom stereocenters. The Hall–Kier alpha value is -3.98. The summed E-state index contributed by atoms with van der Waals surface area (Å²) < 4.78 is 33.1. The van der Waals surface area contributed by atoms with Gasteiger partial charge in [-0.15, -0.1) is 0 Å². The van der Waals surface area contributed by atoms with Crippen LogP contribution in [0.1, 0.15) is 42.7 Å². The van der Waals surface area contributed by atoms with Crippen LogP contribution in [0.2, 0.25) is 0 Å². The third-order valence-electron chi connectivity index (χ3n) is 7.19. The molecule has 0 radical (unpaired) electrons. The fraction of sp³-hybridized carbons (Fsp3) is 0.400. The van der Waals surface area contributed by atoms with Crippen molar-refractivity contribution in [3.8, 4) is 23.0 Å². The first kappa shape index (κ1) is 28.0. The molecule has 0 spiro atoms. The number of allylic oxidation sites excluding steroid dienone is 3. The van der Waals surface area contributed by atoms with E-state index in [1.165, 1.54) is 28.4 Å². The number of Topliss-reactive ketones (excluding diaryl/α,β-unsaturated/α-hetero) is 1. The Morgan fingerprint density at radius 3 is 2.23 bits per heavy atom. The number of para-hydroxylation sites is 1. The number of hydrogen-bond acceptors (Lipinski definition) is 9. The van der Waals surface area contributed by atoms with Crippen molar-refractivity contribution in [3.63, 3.8) is 0 Å². The predicted molar refractivity (Wildman–Crippen MR) is 145 cm³/mol. The lowest BCUT2D eigenvalue weighted by atomic mass is 9.71. The van der Waals surface area contributed by atoms with Crippen molar-refractivity contribution >= 4 is 11.8 Å². The van der Waals surface area contributed by atoms with Gasteiger partial charge in [-0.3, -0.25) is 4.79 Å². The summed E-state index contributed by atoms with van der Waals surface area (Å²) in [6.45, 7) is 2.15. The molecule has 1 aliphatic heterocycles. The maximum atomic E-state index is 14.0. The summed E-state index contributed by atoms with van der Waals surface area (Å²) in [5.74, 6) is 0.526. The Morgan fingerprint density at radius 2 is 1.56 bits per heavy atom. The lowest BCUT2D eigenvalue weighted by Crippen LogP contribution is -2.36. The second kappa shape index (κ2) is 12.3. The SMILES string of the molecule is COCCOC(=O)C1=C(C)NC2=C(C(=O)C[C@@H](c3ccccc3OC)C2)[C@@H]1c1ccc(OC)c(OC)c1OC. The molecule has 1 N–H and O–H groups in total. The van der Waals surface area contributed by atoms with E-state index in [0.717, 1.165) is 17.0 Å². The van der Waals surface area contributed by atoms with Crippen molar-refractivity contribution in [2.45, 2.75) is 31.6 Å². The van der Waals surface area contributed by atoms with Crippen molar-refractivity contribution < 1.29 is 38.0 Å². The van der Waals surface area contributed by atoms with Gasteiger partial charge in [-0.05, 0) is 31.0 Å². The van der Waals surface area contributed by atoms with Crippen molar-refractivity contribution in [2.24, 2.45) is 0 Å². The molecule has 0 saturated carbocycles. The highest BCUT2D eigenvalue weighted by Crippen LogP contribution is 2.51. The number of dihydropyridines is 1. The zero-order chi connectivity index (χ0) is 28.1. The monoisotopic (exact) mass is 537 g/mol. The Kier molecular flexibility index (Phi) is 8.81. The highest BCUT2D eigenvalue weighted by atomic mass is 16.6. The summed E-state index contributed by atoms with van der Waals surface area (Å²) >= 11 is 0. The minimum Gasteiger partial charge on any atom is -0.496 e. The molecule has 9 heteroatoms. The van der Waals surface area contributed by atoms with E-state index >= 15 is 0 Å². The van der Waals surface area contributed by atoms with Crippen LogP contribution in [0.15, 0.2) is 58.9 Å². The number of carbonyl (C=O) groups excluding carboxylic acids is 2. The minimum absolute atomic E-state index is 0.0730. The predicted octanol–water partition coefficient (Wildman–Crippen LogP) is 4.27. The van der Waals surface area contributed by atoms with Gasteiger partial charge in [-0.2, -0.15) is 0 Å². The number of methoxy groups -OCH3 is 5. The molecular formula is C30H35NO8. The van der Waals surface area contributed by atoms with Crippen LogP contribution in [0, 0.1) is 0 Å². The molecule has 0 saturated heterocycles. The molecular weight excluding hydrogens is 502 g/mol. The van der Waals surface area contributed by atoms with Gasteiger partial charge >= 0.3 is 5.97 Å². The Balaban J connectivity index is 1.87. The molecule has 1 aliphatic carbocycles. The average Bonchev–Trinajstić information content (AvgIpc) is 2.95. The number of esters is 1. The first-order chi connectivity index (χ1) is 18.9. The molecule has 2 aromatic carbocycles. The van der Waals surface area contributed by atoms with E-state index in [4.69, 9.17) is 28.4 Å². The number of rotatable bonds is 10. The van der Waals surface area contributed by atoms with Crippen LogP contribution in [-0.2, 0) is 19.1 Å². The van der Waals surface area contributed by atoms with Gasteiger partial charge in [0.15, 0.2) is 17.3 Å². The molecule has 0 amide bonds. The minimum atomic E-state index is -0.739. The summed E-state index contributed by atoms with van der Waals surface area (Å²) in [6.07, 6.45) is 0.828. The van der Waals surface area contributed by atoms with E-state index < -0.39 is 11.9 Å². The van der Waals surface area contributed by atoms with Gasteiger partial charge in [-0.25, -0.2) is 4.79 Å². The van der Waals surface area contributed by atoms with Gasteiger partial charge in [0.2, 0.25) is 5.75 Å². The van der Waals surface area contributed by atoms with Gasteiger partial charge in [-0.1, -0.05) is 24.3 Å². The Morgan fingerprint density at radius 1 is 0.846 bits per heavy atom. The summed E-state index contributed by atoms with van der Waals surface area (Å²) in [4.78, 5) is 27.4. The van der Waals surface area contributed by atoms with E-state index in [2.05, 4.69) is 5.32 Å². The second-order valence-corrected chi connectivity index (χ2v) is 9.31. The highest BCUT2D eigenvalue weighted by Gasteiger charge is 2.43. The first-order valence-corrected chi connectivity index (χ1v) is 12.7. The van der Waals surface area contributed by atoms with Crippen molar-refractivity contribution in [3.05, 3.63) is 70.1 Å². The molecule has 39 heavy (non-hydrogen) atoms. The molecule has 1 heterocycles. The number of ketones is 1. The number of ether oxygens (including phenoxy) is 6. The van der Waals surface area contributed by atoms with Crippen molar-refractivity contribution in [2.75, 3.05) is 48.8 Å². The smallest absolute Gasteiger partial charge is 0.336 e. The topological polar surface area (TPSA) is 102 Å². The molecule has 0 fully saturated rings. The lowest BCUT2D eigenvalue weighted by molar-refractivity contribution is -0.140. The number of benzene rings is 2. The normalized spacial score (nSPS) is 18.8. The van der Waals surface area contributed by atoms with Gasteiger partial charge in [0.1, 0.15) is 12.4 Å². The molecule has 2 atom stereocenters. The van der Waals surface area contributed by atoms with Gasteiger partial charge in [0.25, 0.3) is 0 Å². The maximum Gasteiger partial charge on any atom is 0.336 e. The van der Waals surface area contributed by atoms with E-state index in [1.807, 2.05) is 31.2 Å². The molecule has 9 nitrogen and oxygen atoms in total. The fourth-order valence-electron chi connectivity index (χ4n) is 5.49. The summed E-state index contributed by atoms with van der Waals surface area (Å²) in [6, 6.07) is 11.3. The molecule has 208 valence electrons. The van der Waals surface area contributed by atoms with E-state index in [0.29, 0.717) is 46.1 Å². The Labute approximate surface area is 228 Å². The van der Waals surface area contributed by atoms with Crippen LogP contribution in [0.4, 0.5) is 0 Å². The lowest BCUT2D eigenvalue weighted by Gasteiger charge is -2.37. The quantitative estimate of drug-likeness (QED) is 0.352. The standard InChI is InChI=1S/C30H35NO8/c1-17-25(30(33)39-14-13-34-2)26(20-11-12-24(36-4)29(38-6)28(20)37-5)27-21(31-17)15-18(16-22(27)32)19-9-7-8-10-23(19)35-3/h7-12,18,26,31H,13-16H2,1-6H3/t18-,26+/m0/s1. The fourth-order valence-corrected chi connectivity index (χ4v) is 5.49. The maximum absolute atomic E-state index is 14.0. The molecule has 2 aromatic rings. The number of carbonyl (C=O) groups is 2. The van der Waals surface area contributed by atoms with Crippen molar-refractivity contribution in [1.82, 2.24) is 5.32 Å². The third kappa shape index (κ3) is 5.31. The average molecular weight is 538 g/mol. The van der Waals surface area contributed by atoms with Gasteiger partial charge < -0.3 is 33.7 Å². The summed E-state index contributed by atoms with van der Waals surface area (Å²) in [5.41, 5.74) is 3.77. The van der Waals surface area contributed by atoms with Gasteiger partial charge in [0, 0.05) is 42.0 Å². The zero-order valence-electron chi connectivity index (χ0n) is 23.2. The van der Waals surface area contributed by atoms with Crippen LogP contribution in [0.25, 0.3) is 0 Å². The first-order valence-electron chi connectivity index (χ1n) is 12.7. The Bertz CT molecular complexity index is 1310. The van der Waals surface area contributed by atoms with Crippen molar-refractivity contribution in [1.29, 1.82) is 0 Å². The molecule has 0 bridgehead atoms. The molecule has 0 aromatic heterocycles. The van der Waals surface area contributed by atoms with Crippen LogP contribution >= 0.6 is 0 Å². The van der Waals surface area contributed by atoms with E-state index in [9.17, 15) is 9.59 Å². The number of hydrogen-bond donors (Lipinski definition) is 1. The largest absolute Gasteiger partial charge is 0.496 e. The highest BCUT2D eigenvalue weighted by molar-refractivity contribution is 6.04. The molecule has 2 aliphatic rings. The van der Waals surface area contributed by atoms with Crippen LogP contribution in [0.3, 0.4) is 0 Å². The van der Waals surface area contributed by atoms with Crippen LogP contribution < -0.4 is 24.3 Å². The van der Waals surface area contributed by atoms with E-state index in [1.54, 1.807) is 19.2 Å². The van der Waals surface area contributed by atoms with Gasteiger partial charge in [0.05, 0.1) is 46.5 Å².